The smallest absolute Gasteiger partial charge is 0.161 e. The van der Waals surface area contributed by atoms with Gasteiger partial charge in [-0.1, -0.05) is 6.58 Å². The molecule has 0 spiro atoms. The Morgan fingerprint density at radius 3 is 2.12 bits per heavy atom. The molecule has 0 fully saturated rings. The SMILES string of the molecule is C=C1Cc2cc(OC)c(OC)cc2CCN1CCCN(C)C[C@H]1Cc2cc(OC)c(OC)cc21. The Bertz CT molecular complexity index is 1040. The molecule has 0 unspecified atom stereocenters. The van der Waals surface area contributed by atoms with Crippen molar-refractivity contribution < 1.29 is 18.9 Å². The zero-order valence-corrected chi connectivity index (χ0v) is 21.3. The molecular formula is C28H38N2O4. The van der Waals surface area contributed by atoms with Gasteiger partial charge in [0.15, 0.2) is 23.0 Å². The van der Waals surface area contributed by atoms with Crippen LogP contribution < -0.4 is 18.9 Å². The molecule has 184 valence electrons. The standard InChI is InChI=1S/C28H38N2O4/c1-19-12-21-15-26(32-4)25(31-3)14-20(21)8-11-30(19)10-7-9-29(2)18-23-13-22-16-27(33-5)28(34-6)17-24(22)23/h14-17,23H,1,7-13,18H2,2-6H3/t23-/m1/s1. The number of rotatable bonds is 10. The highest BCUT2D eigenvalue weighted by molar-refractivity contribution is 5.53. The topological polar surface area (TPSA) is 43.4 Å². The zero-order valence-electron chi connectivity index (χ0n) is 21.3. The Hall–Kier alpha value is -2.86. The summed E-state index contributed by atoms with van der Waals surface area (Å²) in [5, 5.41) is 0. The average molecular weight is 467 g/mol. The predicted molar refractivity (Wildman–Crippen MR) is 136 cm³/mol. The largest absolute Gasteiger partial charge is 0.493 e. The van der Waals surface area contributed by atoms with Crippen molar-refractivity contribution >= 4 is 0 Å². The van der Waals surface area contributed by atoms with Crippen molar-refractivity contribution in [2.45, 2.75) is 31.6 Å². The van der Waals surface area contributed by atoms with Gasteiger partial charge in [-0.2, -0.15) is 0 Å². The molecule has 6 nitrogen and oxygen atoms in total. The second kappa shape index (κ2) is 10.6. The number of fused-ring (bicyclic) bond motifs is 2. The maximum atomic E-state index is 5.50. The van der Waals surface area contributed by atoms with Crippen molar-refractivity contribution in [3.63, 3.8) is 0 Å². The molecule has 2 aromatic rings. The van der Waals surface area contributed by atoms with Crippen molar-refractivity contribution in [2.24, 2.45) is 0 Å². The second-order valence-corrected chi connectivity index (χ2v) is 9.38. The zero-order chi connectivity index (χ0) is 24.2. The van der Waals surface area contributed by atoms with Crippen LogP contribution in [0.1, 0.15) is 34.6 Å². The lowest BCUT2D eigenvalue weighted by molar-refractivity contribution is 0.266. The highest BCUT2D eigenvalue weighted by Gasteiger charge is 2.29. The van der Waals surface area contributed by atoms with Crippen LogP contribution in [0.15, 0.2) is 36.5 Å². The molecule has 1 aliphatic heterocycles. The fourth-order valence-electron chi connectivity index (χ4n) is 5.28. The Labute approximate surface area is 204 Å². The van der Waals surface area contributed by atoms with Gasteiger partial charge in [0.05, 0.1) is 28.4 Å². The van der Waals surface area contributed by atoms with E-state index >= 15 is 0 Å². The molecule has 6 heteroatoms. The van der Waals surface area contributed by atoms with Gasteiger partial charge in [-0.3, -0.25) is 0 Å². The number of nitrogens with zero attached hydrogens (tertiary/aromatic N) is 2. The van der Waals surface area contributed by atoms with Gasteiger partial charge in [0, 0.05) is 37.7 Å². The fourth-order valence-corrected chi connectivity index (χ4v) is 5.28. The summed E-state index contributed by atoms with van der Waals surface area (Å²) in [4.78, 5) is 4.90. The highest BCUT2D eigenvalue weighted by atomic mass is 16.5. The van der Waals surface area contributed by atoms with Crippen molar-refractivity contribution in [1.29, 1.82) is 0 Å². The molecule has 0 radical (unpaired) electrons. The normalized spacial score (nSPS) is 16.9. The average Bonchev–Trinajstić information content (AvgIpc) is 2.98. The van der Waals surface area contributed by atoms with Crippen molar-refractivity contribution in [1.82, 2.24) is 9.80 Å². The van der Waals surface area contributed by atoms with Crippen LogP contribution in [0.25, 0.3) is 0 Å². The summed E-state index contributed by atoms with van der Waals surface area (Å²) in [6.45, 7) is 8.54. The third-order valence-corrected chi connectivity index (χ3v) is 7.25. The molecule has 1 heterocycles. The van der Waals surface area contributed by atoms with Crippen LogP contribution in [-0.4, -0.2) is 71.5 Å². The fraction of sp³-hybridized carbons (Fsp3) is 0.500. The highest BCUT2D eigenvalue weighted by Crippen LogP contribution is 2.42. The van der Waals surface area contributed by atoms with Crippen LogP contribution in [0.3, 0.4) is 0 Å². The van der Waals surface area contributed by atoms with Crippen LogP contribution in [0.4, 0.5) is 0 Å². The Morgan fingerprint density at radius 1 is 0.882 bits per heavy atom. The second-order valence-electron chi connectivity index (χ2n) is 9.38. The predicted octanol–water partition coefficient (Wildman–Crippen LogP) is 4.30. The van der Waals surface area contributed by atoms with Gasteiger partial charge < -0.3 is 28.7 Å². The molecule has 0 aromatic heterocycles. The monoisotopic (exact) mass is 466 g/mol. The van der Waals surface area contributed by atoms with E-state index in [1.165, 1.54) is 28.0 Å². The van der Waals surface area contributed by atoms with E-state index in [1.807, 2.05) is 0 Å². The van der Waals surface area contributed by atoms with Crippen molar-refractivity contribution in [3.05, 3.63) is 58.8 Å². The molecule has 0 N–H and O–H groups in total. The number of ether oxygens (including phenoxy) is 4. The van der Waals surface area contributed by atoms with E-state index in [-0.39, 0.29) is 0 Å². The quantitative estimate of drug-likeness (QED) is 0.520. The van der Waals surface area contributed by atoms with Gasteiger partial charge >= 0.3 is 0 Å². The maximum absolute atomic E-state index is 5.50. The number of hydrogen-bond donors (Lipinski definition) is 0. The third kappa shape index (κ3) is 4.97. The molecule has 2 aromatic carbocycles. The van der Waals surface area contributed by atoms with E-state index in [2.05, 4.69) is 47.7 Å². The first-order valence-electron chi connectivity index (χ1n) is 12.1. The molecule has 0 saturated carbocycles. The summed E-state index contributed by atoms with van der Waals surface area (Å²) >= 11 is 0. The van der Waals surface area contributed by atoms with Gasteiger partial charge in [-0.05, 0) is 79.4 Å². The molecule has 0 saturated heterocycles. The molecule has 0 bridgehead atoms. The molecule has 4 rings (SSSR count). The molecule has 34 heavy (non-hydrogen) atoms. The van der Waals surface area contributed by atoms with E-state index < -0.39 is 0 Å². The van der Waals surface area contributed by atoms with Crippen LogP contribution in [0.2, 0.25) is 0 Å². The first-order chi connectivity index (χ1) is 16.5. The number of likely N-dealkylation sites (N-methyl/N-ethyl adjacent to an activating group) is 1. The maximum Gasteiger partial charge on any atom is 0.161 e. The van der Waals surface area contributed by atoms with Crippen LogP contribution >= 0.6 is 0 Å². The number of hydrogen-bond acceptors (Lipinski definition) is 6. The molecule has 0 amide bonds. The Balaban J connectivity index is 1.28. The molecular weight excluding hydrogens is 428 g/mol. The summed E-state index contributed by atoms with van der Waals surface area (Å²) in [5.74, 6) is 3.80. The summed E-state index contributed by atoms with van der Waals surface area (Å²) in [5.41, 5.74) is 6.58. The van der Waals surface area contributed by atoms with Gasteiger partial charge in [-0.15, -0.1) is 0 Å². The van der Waals surface area contributed by atoms with Crippen molar-refractivity contribution in [2.75, 3.05) is 61.7 Å². The van der Waals surface area contributed by atoms with E-state index in [0.717, 1.165) is 74.9 Å². The first kappa shape index (κ1) is 24.3. The lowest BCUT2D eigenvalue weighted by atomic mass is 9.77. The van der Waals surface area contributed by atoms with Gasteiger partial charge in [0.25, 0.3) is 0 Å². The Morgan fingerprint density at radius 2 is 1.47 bits per heavy atom. The number of methoxy groups -OCH3 is 4. The molecule has 1 atom stereocenters. The number of benzene rings is 2. The van der Waals surface area contributed by atoms with Gasteiger partial charge in [0.1, 0.15) is 0 Å². The van der Waals surface area contributed by atoms with Gasteiger partial charge in [-0.25, -0.2) is 0 Å². The van der Waals surface area contributed by atoms with E-state index in [1.54, 1.807) is 28.4 Å². The van der Waals surface area contributed by atoms with Crippen molar-refractivity contribution in [3.8, 4) is 23.0 Å². The summed E-state index contributed by atoms with van der Waals surface area (Å²) in [6, 6.07) is 8.51. The van der Waals surface area contributed by atoms with Gasteiger partial charge in [0.2, 0.25) is 0 Å². The molecule has 1 aliphatic carbocycles. The minimum atomic E-state index is 0.562. The lowest BCUT2D eigenvalue weighted by Crippen LogP contribution is -2.33. The molecule has 2 aliphatic rings. The summed E-state index contributed by atoms with van der Waals surface area (Å²) in [7, 11) is 9.00. The lowest BCUT2D eigenvalue weighted by Gasteiger charge is -2.34. The minimum absolute atomic E-state index is 0.562. The van der Waals surface area contributed by atoms with Crippen LogP contribution in [0.5, 0.6) is 23.0 Å². The van der Waals surface area contributed by atoms with E-state index in [0.29, 0.717) is 5.92 Å². The first-order valence-corrected chi connectivity index (χ1v) is 12.1. The minimum Gasteiger partial charge on any atom is -0.493 e. The van der Waals surface area contributed by atoms with Crippen LogP contribution in [0, 0.1) is 0 Å². The van der Waals surface area contributed by atoms with E-state index in [4.69, 9.17) is 18.9 Å². The van der Waals surface area contributed by atoms with Crippen LogP contribution in [-0.2, 0) is 19.3 Å². The Kier molecular flexibility index (Phi) is 7.57. The van der Waals surface area contributed by atoms with E-state index in [9.17, 15) is 0 Å². The summed E-state index contributed by atoms with van der Waals surface area (Å²) < 4.78 is 21.9. The third-order valence-electron chi connectivity index (χ3n) is 7.25. The summed E-state index contributed by atoms with van der Waals surface area (Å²) in [6.07, 6.45) is 4.07. The number of allylic oxidation sites excluding steroid dienone is 1.